The molecule has 0 aromatic carbocycles. The van der Waals surface area contributed by atoms with Gasteiger partial charge in [-0.05, 0) is 71.2 Å². The summed E-state index contributed by atoms with van der Waals surface area (Å²) in [6.07, 6.45) is 7.66. The maximum absolute atomic E-state index is 6.10. The van der Waals surface area contributed by atoms with E-state index in [1.807, 2.05) is 0 Å². The molecule has 2 N–H and O–H groups in total. The molecule has 0 saturated carbocycles. The largest absolute Gasteiger partial charge is 0.329 e. The zero-order valence-corrected chi connectivity index (χ0v) is 13.5. The second-order valence-corrected chi connectivity index (χ2v) is 6.02. The molecule has 19 heavy (non-hydrogen) atoms. The van der Waals surface area contributed by atoms with Crippen LogP contribution in [0.1, 0.15) is 59.3 Å². The first-order chi connectivity index (χ1) is 9.22. The number of nitrogens with zero attached hydrogens (tertiary/aromatic N) is 2. The molecule has 0 aliphatic carbocycles. The van der Waals surface area contributed by atoms with Gasteiger partial charge >= 0.3 is 0 Å². The molecule has 3 heteroatoms. The molecule has 1 aliphatic rings. The summed E-state index contributed by atoms with van der Waals surface area (Å²) in [5.74, 6) is 0. The predicted octanol–water partition coefficient (Wildman–Crippen LogP) is 2.70. The molecule has 0 aromatic rings. The fraction of sp³-hybridized carbons (Fsp3) is 1.00. The molecular weight excluding hydrogens is 234 g/mol. The van der Waals surface area contributed by atoms with Crippen molar-refractivity contribution in [2.24, 2.45) is 5.73 Å². The minimum atomic E-state index is 0.237. The van der Waals surface area contributed by atoms with Gasteiger partial charge < -0.3 is 10.6 Å². The summed E-state index contributed by atoms with van der Waals surface area (Å²) in [4.78, 5) is 5.29. The van der Waals surface area contributed by atoms with Crippen molar-refractivity contribution in [1.82, 2.24) is 9.80 Å². The third-order valence-electron chi connectivity index (χ3n) is 4.96. The molecule has 1 fully saturated rings. The fourth-order valence-corrected chi connectivity index (χ4v) is 3.46. The highest BCUT2D eigenvalue weighted by atomic mass is 15.2. The number of hydrogen-bond donors (Lipinski definition) is 1. The summed E-state index contributed by atoms with van der Waals surface area (Å²) in [6, 6.07) is 0. The summed E-state index contributed by atoms with van der Waals surface area (Å²) in [7, 11) is 0. The van der Waals surface area contributed by atoms with E-state index in [4.69, 9.17) is 5.73 Å². The first kappa shape index (κ1) is 16.9. The van der Waals surface area contributed by atoms with Crippen molar-refractivity contribution < 1.29 is 0 Å². The average Bonchev–Trinajstić information content (AvgIpc) is 2.94. The van der Waals surface area contributed by atoms with Gasteiger partial charge in [0.15, 0.2) is 0 Å². The van der Waals surface area contributed by atoms with E-state index in [1.165, 1.54) is 71.2 Å². The van der Waals surface area contributed by atoms with Gasteiger partial charge in [0.25, 0.3) is 0 Å². The molecule has 1 aliphatic heterocycles. The molecule has 0 spiro atoms. The van der Waals surface area contributed by atoms with Crippen molar-refractivity contribution in [2.75, 3.05) is 39.3 Å². The molecule has 0 radical (unpaired) electrons. The van der Waals surface area contributed by atoms with Crippen LogP contribution in [-0.4, -0.2) is 54.6 Å². The van der Waals surface area contributed by atoms with Crippen molar-refractivity contribution in [3.05, 3.63) is 0 Å². The molecule has 3 nitrogen and oxygen atoms in total. The Bertz CT molecular complexity index is 212. The highest BCUT2D eigenvalue weighted by Crippen LogP contribution is 2.23. The molecular formula is C16H35N3. The summed E-state index contributed by atoms with van der Waals surface area (Å²) < 4.78 is 0. The smallest absolute Gasteiger partial charge is 0.0326 e. The SMILES string of the molecule is CCCN(CCCN1CCCC1)C(CC)(CC)CN. The van der Waals surface area contributed by atoms with E-state index in [9.17, 15) is 0 Å². The van der Waals surface area contributed by atoms with E-state index in [1.54, 1.807) is 0 Å². The number of likely N-dealkylation sites (tertiary alicyclic amines) is 1. The minimum absolute atomic E-state index is 0.237. The van der Waals surface area contributed by atoms with Crippen LogP contribution in [0.15, 0.2) is 0 Å². The van der Waals surface area contributed by atoms with Crippen molar-refractivity contribution in [3.63, 3.8) is 0 Å². The molecule has 1 rings (SSSR count). The Balaban J connectivity index is 2.45. The third-order valence-corrected chi connectivity index (χ3v) is 4.96. The van der Waals surface area contributed by atoms with Crippen LogP contribution in [0.25, 0.3) is 0 Å². The molecule has 1 saturated heterocycles. The highest BCUT2D eigenvalue weighted by molar-refractivity contribution is 4.89. The van der Waals surface area contributed by atoms with Crippen LogP contribution >= 0.6 is 0 Å². The average molecular weight is 269 g/mol. The lowest BCUT2D eigenvalue weighted by molar-refractivity contribution is 0.0801. The number of rotatable bonds is 10. The van der Waals surface area contributed by atoms with E-state index in [0.29, 0.717) is 0 Å². The van der Waals surface area contributed by atoms with Crippen molar-refractivity contribution in [3.8, 4) is 0 Å². The van der Waals surface area contributed by atoms with Crippen LogP contribution in [0.5, 0.6) is 0 Å². The summed E-state index contributed by atoms with van der Waals surface area (Å²) >= 11 is 0. The van der Waals surface area contributed by atoms with Crippen molar-refractivity contribution >= 4 is 0 Å². The van der Waals surface area contributed by atoms with Crippen LogP contribution in [0.2, 0.25) is 0 Å². The molecule has 114 valence electrons. The Hall–Kier alpha value is -0.120. The zero-order chi connectivity index (χ0) is 14.1. The van der Waals surface area contributed by atoms with E-state index < -0.39 is 0 Å². The third kappa shape index (κ3) is 4.73. The van der Waals surface area contributed by atoms with Crippen LogP contribution < -0.4 is 5.73 Å². The van der Waals surface area contributed by atoms with Crippen LogP contribution in [0, 0.1) is 0 Å². The Morgan fingerprint density at radius 3 is 2.16 bits per heavy atom. The van der Waals surface area contributed by atoms with E-state index in [-0.39, 0.29) is 5.54 Å². The second kappa shape index (κ2) is 8.93. The Morgan fingerprint density at radius 1 is 1.05 bits per heavy atom. The Labute approximate surface area is 120 Å². The molecule has 0 unspecified atom stereocenters. The normalized spacial score (nSPS) is 17.5. The Kier molecular flexibility index (Phi) is 7.96. The summed E-state index contributed by atoms with van der Waals surface area (Å²) in [5.41, 5.74) is 6.34. The monoisotopic (exact) mass is 269 g/mol. The van der Waals surface area contributed by atoms with Gasteiger partial charge in [-0.2, -0.15) is 0 Å². The topological polar surface area (TPSA) is 32.5 Å². The fourth-order valence-electron chi connectivity index (χ4n) is 3.46. The van der Waals surface area contributed by atoms with Gasteiger partial charge in [-0.15, -0.1) is 0 Å². The van der Waals surface area contributed by atoms with Crippen LogP contribution in [0.4, 0.5) is 0 Å². The maximum Gasteiger partial charge on any atom is 0.0326 e. The first-order valence-corrected chi connectivity index (χ1v) is 8.39. The molecule has 0 atom stereocenters. The van der Waals surface area contributed by atoms with Gasteiger partial charge in [-0.1, -0.05) is 20.8 Å². The summed E-state index contributed by atoms with van der Waals surface area (Å²) in [5, 5.41) is 0. The summed E-state index contributed by atoms with van der Waals surface area (Å²) in [6.45, 7) is 14.0. The molecule has 0 aromatic heterocycles. The van der Waals surface area contributed by atoms with E-state index in [0.717, 1.165) is 6.54 Å². The van der Waals surface area contributed by atoms with Gasteiger partial charge in [0.2, 0.25) is 0 Å². The van der Waals surface area contributed by atoms with Gasteiger partial charge in [0.1, 0.15) is 0 Å². The maximum atomic E-state index is 6.10. The van der Waals surface area contributed by atoms with Gasteiger partial charge in [-0.25, -0.2) is 0 Å². The van der Waals surface area contributed by atoms with Crippen LogP contribution in [0.3, 0.4) is 0 Å². The highest BCUT2D eigenvalue weighted by Gasteiger charge is 2.31. The van der Waals surface area contributed by atoms with Gasteiger partial charge in [-0.3, -0.25) is 4.90 Å². The van der Waals surface area contributed by atoms with Gasteiger partial charge in [0.05, 0.1) is 0 Å². The number of nitrogens with two attached hydrogens (primary N) is 1. The quantitative estimate of drug-likeness (QED) is 0.662. The predicted molar refractivity (Wildman–Crippen MR) is 84.5 cm³/mol. The number of hydrogen-bond acceptors (Lipinski definition) is 3. The lowest BCUT2D eigenvalue weighted by Gasteiger charge is -2.43. The first-order valence-electron chi connectivity index (χ1n) is 8.39. The second-order valence-electron chi connectivity index (χ2n) is 6.02. The lowest BCUT2D eigenvalue weighted by atomic mass is 9.90. The minimum Gasteiger partial charge on any atom is -0.329 e. The van der Waals surface area contributed by atoms with E-state index >= 15 is 0 Å². The molecule has 0 bridgehead atoms. The molecule has 0 amide bonds. The van der Waals surface area contributed by atoms with E-state index in [2.05, 4.69) is 30.6 Å². The lowest BCUT2D eigenvalue weighted by Crippen LogP contribution is -2.54. The van der Waals surface area contributed by atoms with Crippen LogP contribution in [-0.2, 0) is 0 Å². The van der Waals surface area contributed by atoms with Gasteiger partial charge in [0, 0.05) is 12.1 Å². The van der Waals surface area contributed by atoms with Crippen molar-refractivity contribution in [1.29, 1.82) is 0 Å². The Morgan fingerprint density at radius 2 is 1.68 bits per heavy atom. The van der Waals surface area contributed by atoms with Crippen molar-refractivity contribution in [2.45, 2.75) is 64.8 Å². The molecule has 1 heterocycles. The standard InChI is InChI=1S/C16H35N3/c1-4-10-19(16(5-2,6-3)15-17)14-9-13-18-11-7-8-12-18/h4-15,17H2,1-3H3. The zero-order valence-electron chi connectivity index (χ0n) is 13.5.